The van der Waals surface area contributed by atoms with Gasteiger partial charge in [-0.3, -0.25) is 4.79 Å². The highest BCUT2D eigenvalue weighted by atomic mass is 35.5. The Bertz CT molecular complexity index is 1270. The summed E-state index contributed by atoms with van der Waals surface area (Å²) in [6, 6.07) is 7.25. The van der Waals surface area contributed by atoms with Crippen molar-refractivity contribution in [1.82, 2.24) is 14.9 Å². The fourth-order valence-corrected chi connectivity index (χ4v) is 4.79. The molecule has 0 unspecified atom stereocenters. The average molecular weight is 536 g/mol. The molecule has 0 saturated carbocycles. The van der Waals surface area contributed by atoms with Crippen LogP contribution in [0.5, 0.6) is 11.6 Å². The topological polar surface area (TPSA) is 93.8 Å². The smallest absolute Gasteiger partial charge is 0.250 e. The number of piperazine rings is 1. The number of halogens is 3. The summed E-state index contributed by atoms with van der Waals surface area (Å²) in [7, 11) is 3.24. The summed E-state index contributed by atoms with van der Waals surface area (Å²) < 4.78 is 39.3. The number of nitrogens with zero attached hydrogens (tertiary/aromatic N) is 4. The van der Waals surface area contributed by atoms with Gasteiger partial charge in [0, 0.05) is 36.6 Å². The van der Waals surface area contributed by atoms with Crippen LogP contribution in [-0.4, -0.2) is 61.1 Å². The van der Waals surface area contributed by atoms with Crippen molar-refractivity contribution in [3.8, 4) is 11.6 Å². The van der Waals surface area contributed by atoms with Crippen LogP contribution in [-0.2, 0) is 6.61 Å². The zero-order valence-corrected chi connectivity index (χ0v) is 21.2. The Morgan fingerprint density at radius 2 is 1.94 bits per heavy atom. The second-order valence-corrected chi connectivity index (χ2v) is 9.60. The molecule has 1 fully saturated rings. The molecule has 2 N–H and O–H groups in total. The van der Waals surface area contributed by atoms with Crippen molar-refractivity contribution in [2.75, 3.05) is 45.2 Å². The van der Waals surface area contributed by atoms with E-state index in [1.807, 2.05) is 11.9 Å². The first-order valence-corrected chi connectivity index (χ1v) is 12.2. The van der Waals surface area contributed by atoms with E-state index in [-0.39, 0.29) is 28.6 Å². The fraction of sp³-hybridized carbons (Fsp3) is 0.292. The standard InChI is InChI=1S/C24H24ClF2N5O3S/c1-31-7-9-32(10-8-31)24-29-12-19(36-15-4-5-16(22(28)33)17(25)11-15)23(30-24)35-13-14-3-6-18(26)21(34-2)20(14)27/h3-6,11-12H,7-10,13H2,1-2H3,(H2,28,33). The monoisotopic (exact) mass is 535 g/mol. The van der Waals surface area contributed by atoms with Gasteiger partial charge in [0.15, 0.2) is 17.4 Å². The summed E-state index contributed by atoms with van der Waals surface area (Å²) in [6.45, 7) is 3.01. The number of benzene rings is 2. The number of amides is 1. The molecule has 1 amide bonds. The molecule has 3 aromatic rings. The van der Waals surface area contributed by atoms with Gasteiger partial charge in [-0.05, 0) is 37.4 Å². The van der Waals surface area contributed by atoms with Gasteiger partial charge in [-0.15, -0.1) is 0 Å². The van der Waals surface area contributed by atoms with E-state index in [2.05, 4.69) is 14.9 Å². The van der Waals surface area contributed by atoms with E-state index in [1.165, 1.54) is 31.0 Å². The van der Waals surface area contributed by atoms with Crippen LogP contribution in [0.25, 0.3) is 0 Å². The Kier molecular flexibility index (Phi) is 8.12. The zero-order chi connectivity index (χ0) is 25.8. The Morgan fingerprint density at radius 3 is 2.61 bits per heavy atom. The maximum absolute atomic E-state index is 14.7. The molecule has 2 aromatic carbocycles. The SMILES string of the molecule is COc1c(F)ccc(COc2nc(N3CCN(C)CC3)ncc2Sc2ccc(C(N)=O)c(Cl)c2)c1F. The number of hydrogen-bond donors (Lipinski definition) is 1. The number of carbonyl (C=O) groups excluding carboxylic acids is 1. The molecule has 4 rings (SSSR count). The molecule has 190 valence electrons. The number of primary amides is 1. The normalized spacial score (nSPS) is 14.1. The maximum Gasteiger partial charge on any atom is 0.250 e. The van der Waals surface area contributed by atoms with Crippen LogP contribution < -0.4 is 20.1 Å². The lowest BCUT2D eigenvalue weighted by Crippen LogP contribution is -2.45. The minimum atomic E-state index is -0.839. The van der Waals surface area contributed by atoms with Crippen LogP contribution in [0.3, 0.4) is 0 Å². The molecule has 0 aliphatic carbocycles. The van der Waals surface area contributed by atoms with E-state index >= 15 is 0 Å². The maximum atomic E-state index is 14.7. The lowest BCUT2D eigenvalue weighted by atomic mass is 10.2. The molecule has 1 aliphatic rings. The molecule has 0 radical (unpaired) electrons. The summed E-state index contributed by atoms with van der Waals surface area (Å²) in [5, 5.41) is 0.213. The molecule has 8 nitrogen and oxygen atoms in total. The van der Waals surface area contributed by atoms with Crippen molar-refractivity contribution < 1.29 is 23.0 Å². The van der Waals surface area contributed by atoms with Gasteiger partial charge in [-0.1, -0.05) is 23.4 Å². The van der Waals surface area contributed by atoms with E-state index in [0.29, 0.717) is 15.7 Å². The van der Waals surface area contributed by atoms with Crippen molar-refractivity contribution in [3.63, 3.8) is 0 Å². The summed E-state index contributed by atoms with van der Waals surface area (Å²) >= 11 is 7.46. The van der Waals surface area contributed by atoms with Gasteiger partial charge in [-0.2, -0.15) is 4.98 Å². The number of aromatic nitrogens is 2. The first kappa shape index (κ1) is 25.9. The van der Waals surface area contributed by atoms with Gasteiger partial charge in [0.2, 0.25) is 17.7 Å². The van der Waals surface area contributed by atoms with E-state index in [4.69, 9.17) is 26.8 Å². The first-order chi connectivity index (χ1) is 17.3. The minimum Gasteiger partial charge on any atom is -0.491 e. The van der Waals surface area contributed by atoms with Crippen molar-refractivity contribution in [1.29, 1.82) is 0 Å². The summed E-state index contributed by atoms with van der Waals surface area (Å²) in [4.78, 5) is 26.1. The molecule has 0 bridgehead atoms. The van der Waals surface area contributed by atoms with Gasteiger partial charge < -0.3 is 25.0 Å². The molecule has 1 aliphatic heterocycles. The molecule has 2 heterocycles. The molecule has 0 atom stereocenters. The molecular formula is C24H24ClF2N5O3S. The Labute approximate surface area is 216 Å². The summed E-state index contributed by atoms with van der Waals surface area (Å²) in [5.41, 5.74) is 5.65. The van der Waals surface area contributed by atoms with Crippen LogP contribution in [0.15, 0.2) is 46.3 Å². The second-order valence-electron chi connectivity index (χ2n) is 8.08. The zero-order valence-electron chi connectivity index (χ0n) is 19.6. The van der Waals surface area contributed by atoms with Crippen LogP contribution in [0.2, 0.25) is 5.02 Å². The van der Waals surface area contributed by atoms with Gasteiger partial charge in [0.25, 0.3) is 0 Å². The van der Waals surface area contributed by atoms with Gasteiger partial charge >= 0.3 is 0 Å². The molecule has 36 heavy (non-hydrogen) atoms. The van der Waals surface area contributed by atoms with Crippen LogP contribution in [0.4, 0.5) is 14.7 Å². The summed E-state index contributed by atoms with van der Waals surface area (Å²) in [6.07, 6.45) is 1.62. The van der Waals surface area contributed by atoms with Crippen molar-refractivity contribution >= 4 is 35.2 Å². The molecule has 0 spiro atoms. The van der Waals surface area contributed by atoms with E-state index in [1.54, 1.807) is 18.3 Å². The van der Waals surface area contributed by atoms with Crippen LogP contribution in [0, 0.1) is 11.6 Å². The first-order valence-electron chi connectivity index (χ1n) is 11.0. The van der Waals surface area contributed by atoms with Crippen LogP contribution in [0.1, 0.15) is 15.9 Å². The second kappa shape index (κ2) is 11.3. The predicted molar refractivity (Wildman–Crippen MR) is 133 cm³/mol. The van der Waals surface area contributed by atoms with Crippen molar-refractivity contribution in [3.05, 3.63) is 64.3 Å². The predicted octanol–water partition coefficient (Wildman–Crippen LogP) is 4.00. The van der Waals surface area contributed by atoms with Crippen molar-refractivity contribution in [2.45, 2.75) is 16.4 Å². The third-order valence-corrected chi connectivity index (χ3v) is 6.93. The number of methoxy groups -OCH3 is 1. The van der Waals surface area contributed by atoms with E-state index < -0.39 is 23.3 Å². The lowest BCUT2D eigenvalue weighted by Gasteiger charge is -2.32. The largest absolute Gasteiger partial charge is 0.491 e. The van der Waals surface area contributed by atoms with Crippen LogP contribution >= 0.6 is 23.4 Å². The third-order valence-electron chi connectivity index (χ3n) is 5.63. The Hall–Kier alpha value is -3.15. The number of ether oxygens (including phenoxy) is 2. The average Bonchev–Trinajstić information content (AvgIpc) is 2.85. The summed E-state index contributed by atoms with van der Waals surface area (Å²) in [5.74, 6) is -2.03. The number of likely N-dealkylation sites (N-methyl/N-ethyl adjacent to an activating group) is 1. The van der Waals surface area contributed by atoms with Gasteiger partial charge in [-0.25, -0.2) is 13.8 Å². The van der Waals surface area contributed by atoms with Crippen molar-refractivity contribution in [2.24, 2.45) is 5.73 Å². The number of hydrogen-bond acceptors (Lipinski definition) is 8. The fourth-order valence-electron chi connectivity index (χ4n) is 3.58. The highest BCUT2D eigenvalue weighted by molar-refractivity contribution is 7.99. The number of anilines is 1. The van der Waals surface area contributed by atoms with E-state index in [0.717, 1.165) is 32.2 Å². The minimum absolute atomic E-state index is 0.109. The van der Waals surface area contributed by atoms with Gasteiger partial charge in [0.05, 0.1) is 28.8 Å². The van der Waals surface area contributed by atoms with Gasteiger partial charge in [0.1, 0.15) is 6.61 Å². The number of carbonyl (C=O) groups is 1. The Balaban J connectivity index is 1.63. The number of rotatable bonds is 8. The highest BCUT2D eigenvalue weighted by Gasteiger charge is 2.21. The molecular weight excluding hydrogens is 512 g/mol. The molecule has 1 aromatic heterocycles. The van der Waals surface area contributed by atoms with E-state index in [9.17, 15) is 13.6 Å². The molecule has 12 heteroatoms. The molecule has 1 saturated heterocycles. The lowest BCUT2D eigenvalue weighted by molar-refractivity contribution is 0.100. The third kappa shape index (κ3) is 5.80. The number of nitrogens with two attached hydrogens (primary N) is 1. The quantitative estimate of drug-likeness (QED) is 0.463. The highest BCUT2D eigenvalue weighted by Crippen LogP contribution is 2.37. The Morgan fingerprint density at radius 1 is 1.19 bits per heavy atom.